The van der Waals surface area contributed by atoms with Crippen LogP contribution in [0.5, 0.6) is 11.5 Å². The summed E-state index contributed by atoms with van der Waals surface area (Å²) in [5, 5.41) is 4.76. The van der Waals surface area contributed by atoms with Gasteiger partial charge in [-0.1, -0.05) is 13.8 Å². The highest BCUT2D eigenvalue weighted by molar-refractivity contribution is 7.80. The van der Waals surface area contributed by atoms with Crippen LogP contribution in [0.15, 0.2) is 45.8 Å². The summed E-state index contributed by atoms with van der Waals surface area (Å²) in [6.45, 7) is 9.99. The molecule has 0 fully saturated rings. The van der Waals surface area contributed by atoms with Crippen molar-refractivity contribution in [2.24, 2.45) is 0 Å². The Labute approximate surface area is 204 Å². The van der Waals surface area contributed by atoms with E-state index in [1.807, 2.05) is 30.3 Å². The molecule has 0 unspecified atom stereocenters. The Morgan fingerprint density at radius 3 is 2.59 bits per heavy atom. The van der Waals surface area contributed by atoms with Crippen LogP contribution in [0.3, 0.4) is 0 Å². The first-order valence-electron chi connectivity index (χ1n) is 11.8. The van der Waals surface area contributed by atoms with Gasteiger partial charge in [0.05, 0.1) is 24.9 Å². The fourth-order valence-electron chi connectivity index (χ4n) is 4.08. The van der Waals surface area contributed by atoms with E-state index >= 15 is 0 Å². The van der Waals surface area contributed by atoms with Gasteiger partial charge < -0.3 is 34.0 Å². The molecular weight excluding hydrogens is 452 g/mol. The molecule has 0 amide bonds. The minimum Gasteiger partial charge on any atom is -0.486 e. The maximum Gasteiger partial charge on any atom is 0.253 e. The van der Waals surface area contributed by atoms with Crippen LogP contribution in [-0.2, 0) is 13.1 Å². The van der Waals surface area contributed by atoms with Crippen LogP contribution in [0.25, 0.3) is 10.9 Å². The summed E-state index contributed by atoms with van der Waals surface area (Å²) >= 11 is 5.71. The Kier molecular flexibility index (Phi) is 8.08. The molecule has 0 bridgehead atoms. The number of aromatic nitrogens is 1. The number of ether oxygens (including phenoxy) is 2. The second kappa shape index (κ2) is 11.4. The largest absolute Gasteiger partial charge is 0.486 e. The molecule has 9 heteroatoms. The van der Waals surface area contributed by atoms with Crippen LogP contribution in [0, 0.1) is 0 Å². The van der Waals surface area contributed by atoms with Gasteiger partial charge in [-0.05, 0) is 62.5 Å². The molecule has 0 spiro atoms. The fraction of sp³-hybridized carbons (Fsp3) is 0.440. The molecule has 0 radical (unpaired) electrons. The van der Waals surface area contributed by atoms with E-state index in [0.29, 0.717) is 48.5 Å². The lowest BCUT2D eigenvalue weighted by atomic mass is 10.1. The van der Waals surface area contributed by atoms with E-state index in [1.54, 1.807) is 6.26 Å². The first kappa shape index (κ1) is 24.1. The van der Waals surface area contributed by atoms with E-state index in [0.717, 1.165) is 49.3 Å². The van der Waals surface area contributed by atoms with Gasteiger partial charge in [-0.15, -0.1) is 0 Å². The molecule has 1 aliphatic heterocycles. The maximum absolute atomic E-state index is 12.9. The van der Waals surface area contributed by atoms with E-state index in [2.05, 4.69) is 33.9 Å². The van der Waals surface area contributed by atoms with Crippen LogP contribution < -0.4 is 20.3 Å². The minimum absolute atomic E-state index is 0.133. The van der Waals surface area contributed by atoms with Gasteiger partial charge in [-0.3, -0.25) is 4.79 Å². The molecule has 182 valence electrons. The van der Waals surface area contributed by atoms with Gasteiger partial charge in [-0.25, -0.2) is 0 Å². The number of nitrogens with one attached hydrogen (secondary N) is 2. The van der Waals surface area contributed by atoms with Crippen molar-refractivity contribution < 1.29 is 13.9 Å². The average Bonchev–Trinajstić information content (AvgIpc) is 3.37. The van der Waals surface area contributed by atoms with Crippen molar-refractivity contribution in [3.63, 3.8) is 0 Å². The topological polar surface area (TPSA) is 83.0 Å². The second-order valence-electron chi connectivity index (χ2n) is 8.25. The average molecular weight is 485 g/mol. The second-order valence-corrected chi connectivity index (χ2v) is 8.63. The zero-order valence-corrected chi connectivity index (χ0v) is 20.6. The van der Waals surface area contributed by atoms with Crippen LogP contribution in [0.4, 0.5) is 0 Å². The maximum atomic E-state index is 12.9. The van der Waals surface area contributed by atoms with Gasteiger partial charge in [0.15, 0.2) is 16.6 Å². The van der Waals surface area contributed by atoms with E-state index in [-0.39, 0.29) is 5.56 Å². The third kappa shape index (κ3) is 5.90. The lowest BCUT2D eigenvalue weighted by Gasteiger charge is -2.27. The SMILES string of the molecule is CCN(CC)CCCN(Cc1cc2cc3c(cc2[nH]c1=O)OCCO3)C(=S)NCc1ccco1. The van der Waals surface area contributed by atoms with Crippen molar-refractivity contribution in [2.75, 3.05) is 39.4 Å². The molecule has 1 aromatic carbocycles. The number of nitrogens with zero attached hydrogens (tertiary/aromatic N) is 2. The van der Waals surface area contributed by atoms with Crippen molar-refractivity contribution >= 4 is 28.2 Å². The van der Waals surface area contributed by atoms with E-state index in [9.17, 15) is 4.79 Å². The molecular formula is C25H32N4O4S. The number of aromatic amines is 1. The number of furan rings is 1. The van der Waals surface area contributed by atoms with Crippen LogP contribution in [0.1, 0.15) is 31.6 Å². The van der Waals surface area contributed by atoms with Gasteiger partial charge in [0.2, 0.25) is 0 Å². The standard InChI is InChI=1S/C25H32N4O4S/c1-3-28(4-2)8-6-9-29(25(34)26-16-20-7-5-10-31-20)17-19-13-18-14-22-23(33-12-11-32-22)15-21(18)27-24(19)30/h5,7,10,13-15H,3-4,6,8-9,11-12,16-17H2,1-2H3,(H,26,34)(H,27,30). The van der Waals surface area contributed by atoms with Crippen molar-refractivity contribution in [1.82, 2.24) is 20.1 Å². The highest BCUT2D eigenvalue weighted by Crippen LogP contribution is 2.33. The number of rotatable bonds is 10. The van der Waals surface area contributed by atoms with Crippen molar-refractivity contribution in [3.8, 4) is 11.5 Å². The minimum atomic E-state index is -0.133. The summed E-state index contributed by atoms with van der Waals surface area (Å²) in [6.07, 6.45) is 2.58. The highest BCUT2D eigenvalue weighted by Gasteiger charge is 2.17. The van der Waals surface area contributed by atoms with Gasteiger partial charge in [0, 0.05) is 23.6 Å². The van der Waals surface area contributed by atoms with Crippen molar-refractivity contribution in [1.29, 1.82) is 0 Å². The molecule has 34 heavy (non-hydrogen) atoms. The number of hydrogen-bond donors (Lipinski definition) is 2. The molecule has 0 atom stereocenters. The summed E-state index contributed by atoms with van der Waals surface area (Å²) in [5.74, 6) is 2.16. The predicted molar refractivity (Wildman–Crippen MR) is 137 cm³/mol. The molecule has 8 nitrogen and oxygen atoms in total. The van der Waals surface area contributed by atoms with Crippen molar-refractivity contribution in [2.45, 2.75) is 33.4 Å². The van der Waals surface area contributed by atoms with Gasteiger partial charge in [0.1, 0.15) is 19.0 Å². The lowest BCUT2D eigenvalue weighted by molar-refractivity contribution is 0.172. The number of pyridine rings is 1. The molecule has 0 aliphatic carbocycles. The van der Waals surface area contributed by atoms with Crippen molar-refractivity contribution in [3.05, 3.63) is 58.3 Å². The highest BCUT2D eigenvalue weighted by atomic mass is 32.1. The number of fused-ring (bicyclic) bond motifs is 2. The Bertz CT molecular complexity index is 1160. The summed E-state index contributed by atoms with van der Waals surface area (Å²) in [4.78, 5) is 20.4. The van der Waals surface area contributed by atoms with Gasteiger partial charge in [-0.2, -0.15) is 0 Å². The monoisotopic (exact) mass is 484 g/mol. The van der Waals surface area contributed by atoms with E-state index in [4.69, 9.17) is 26.1 Å². The first-order chi connectivity index (χ1) is 16.6. The normalized spacial score (nSPS) is 12.8. The number of thiocarbonyl (C=S) groups is 1. The summed E-state index contributed by atoms with van der Waals surface area (Å²) in [7, 11) is 0. The summed E-state index contributed by atoms with van der Waals surface area (Å²) < 4.78 is 16.8. The molecule has 0 saturated heterocycles. The molecule has 2 N–H and O–H groups in total. The third-order valence-electron chi connectivity index (χ3n) is 6.02. The Hall–Kier alpha value is -3.04. The molecule has 3 aromatic rings. The number of benzene rings is 1. The Morgan fingerprint density at radius 2 is 1.88 bits per heavy atom. The number of hydrogen-bond acceptors (Lipinski definition) is 6. The van der Waals surface area contributed by atoms with Crippen LogP contribution >= 0.6 is 12.2 Å². The third-order valence-corrected chi connectivity index (χ3v) is 6.43. The first-order valence-corrected chi connectivity index (χ1v) is 12.2. The Morgan fingerprint density at radius 1 is 1.12 bits per heavy atom. The predicted octanol–water partition coefficient (Wildman–Crippen LogP) is 3.50. The lowest BCUT2D eigenvalue weighted by Crippen LogP contribution is -2.41. The molecule has 3 heterocycles. The Balaban J connectivity index is 1.52. The quantitative estimate of drug-likeness (QED) is 0.423. The zero-order chi connectivity index (χ0) is 23.9. The molecule has 2 aromatic heterocycles. The summed E-state index contributed by atoms with van der Waals surface area (Å²) in [6, 6.07) is 9.41. The smallest absolute Gasteiger partial charge is 0.253 e. The molecule has 1 aliphatic rings. The zero-order valence-electron chi connectivity index (χ0n) is 19.8. The van der Waals surface area contributed by atoms with Crippen LogP contribution in [0.2, 0.25) is 0 Å². The van der Waals surface area contributed by atoms with E-state index < -0.39 is 0 Å². The summed E-state index contributed by atoms with van der Waals surface area (Å²) in [5.41, 5.74) is 1.24. The molecule has 0 saturated carbocycles. The number of H-pyrrole nitrogens is 1. The van der Waals surface area contributed by atoms with Gasteiger partial charge in [0.25, 0.3) is 5.56 Å². The van der Waals surface area contributed by atoms with Gasteiger partial charge >= 0.3 is 0 Å². The fourth-order valence-corrected chi connectivity index (χ4v) is 4.30. The van der Waals surface area contributed by atoms with Crippen LogP contribution in [-0.4, -0.2) is 59.3 Å². The van der Waals surface area contributed by atoms with E-state index in [1.165, 1.54) is 0 Å². The molecule has 4 rings (SSSR count).